The molecule has 2 fully saturated rings. The topological polar surface area (TPSA) is 105 Å². The quantitative estimate of drug-likeness (QED) is 0.438. The first-order valence-corrected chi connectivity index (χ1v) is 14.7. The number of nitrogens with one attached hydrogen (secondary N) is 1. The summed E-state index contributed by atoms with van der Waals surface area (Å²) in [7, 11) is -3.90. The molecule has 0 aromatic heterocycles. The molecule has 2 aromatic rings. The summed E-state index contributed by atoms with van der Waals surface area (Å²) in [5.74, 6) is 0.224. The zero-order chi connectivity index (χ0) is 26.3. The number of alkyl carbamates (subject to hydrolysis) is 1. The van der Waals surface area contributed by atoms with Crippen LogP contribution in [0.15, 0.2) is 59.5 Å². The lowest BCUT2D eigenvalue weighted by Crippen LogP contribution is -2.51. The van der Waals surface area contributed by atoms with Gasteiger partial charge in [0, 0.05) is 24.5 Å². The average molecular weight is 551 g/mol. The summed E-state index contributed by atoms with van der Waals surface area (Å²) in [4.78, 5) is 12.8. The Morgan fingerprint density at radius 3 is 2.46 bits per heavy atom. The fraction of sp³-hybridized carbons (Fsp3) is 0.519. The number of aliphatic hydroxyl groups excluding tert-OH is 1. The number of nitrogens with zero attached hydrogens (tertiary/aromatic N) is 1. The first-order chi connectivity index (χ1) is 17.8. The molecule has 0 spiro atoms. The average Bonchev–Trinajstić information content (AvgIpc) is 3.58. The summed E-state index contributed by atoms with van der Waals surface area (Å²) in [6.07, 6.45) is 2.81. The van der Waals surface area contributed by atoms with Crippen molar-refractivity contribution in [2.24, 2.45) is 5.92 Å². The van der Waals surface area contributed by atoms with Crippen LogP contribution in [0.5, 0.6) is 0 Å². The molecule has 1 saturated heterocycles. The highest BCUT2D eigenvalue weighted by Gasteiger charge is 2.33. The molecule has 3 atom stereocenters. The van der Waals surface area contributed by atoms with Gasteiger partial charge in [0.1, 0.15) is 6.10 Å². The lowest BCUT2D eigenvalue weighted by molar-refractivity contribution is 0.0641. The molecule has 0 unspecified atom stereocenters. The number of carbonyl (C=O) groups excluding carboxylic acids is 1. The molecule has 1 amide bonds. The molecule has 1 aliphatic heterocycles. The van der Waals surface area contributed by atoms with Gasteiger partial charge in [-0.2, -0.15) is 4.31 Å². The number of hydrogen-bond acceptors (Lipinski definition) is 6. The second-order valence-corrected chi connectivity index (χ2v) is 12.2. The van der Waals surface area contributed by atoms with Gasteiger partial charge in [-0.25, -0.2) is 13.2 Å². The van der Waals surface area contributed by atoms with Crippen molar-refractivity contribution < 1.29 is 27.8 Å². The summed E-state index contributed by atoms with van der Waals surface area (Å²) in [6, 6.07) is 14.7. The van der Waals surface area contributed by atoms with Gasteiger partial charge in [-0.3, -0.25) is 0 Å². The normalized spacial score (nSPS) is 20.1. The van der Waals surface area contributed by atoms with Gasteiger partial charge in [0.15, 0.2) is 0 Å². The molecule has 1 saturated carbocycles. The Bertz CT molecular complexity index is 1100. The van der Waals surface area contributed by atoms with E-state index in [0.29, 0.717) is 37.6 Å². The minimum atomic E-state index is -3.90. The first-order valence-electron chi connectivity index (χ1n) is 12.8. The van der Waals surface area contributed by atoms with Crippen LogP contribution in [0.2, 0.25) is 5.02 Å². The predicted molar refractivity (Wildman–Crippen MR) is 141 cm³/mol. The Morgan fingerprint density at radius 1 is 1.11 bits per heavy atom. The van der Waals surface area contributed by atoms with Crippen LogP contribution in [0.1, 0.15) is 37.7 Å². The molecule has 0 radical (unpaired) electrons. The van der Waals surface area contributed by atoms with Gasteiger partial charge in [-0.15, -0.1) is 0 Å². The Morgan fingerprint density at radius 2 is 1.81 bits per heavy atom. The third-order valence-corrected chi connectivity index (χ3v) is 9.10. The van der Waals surface area contributed by atoms with E-state index in [1.807, 2.05) is 30.3 Å². The van der Waals surface area contributed by atoms with Gasteiger partial charge in [0.25, 0.3) is 0 Å². The molecule has 8 nitrogen and oxygen atoms in total. The maximum absolute atomic E-state index is 13.6. The number of aliphatic hydroxyl groups is 1. The largest absolute Gasteiger partial charge is 0.444 e. The number of hydrogen-bond donors (Lipinski definition) is 2. The van der Waals surface area contributed by atoms with E-state index in [4.69, 9.17) is 21.1 Å². The van der Waals surface area contributed by atoms with Crippen molar-refractivity contribution in [2.75, 3.05) is 26.3 Å². The van der Waals surface area contributed by atoms with Crippen molar-refractivity contribution in [1.29, 1.82) is 0 Å². The Labute approximate surface area is 224 Å². The Hall–Kier alpha value is -2.17. The summed E-state index contributed by atoms with van der Waals surface area (Å²) < 4.78 is 39.4. The maximum atomic E-state index is 13.6. The van der Waals surface area contributed by atoms with E-state index < -0.39 is 28.3 Å². The van der Waals surface area contributed by atoms with Crippen LogP contribution >= 0.6 is 11.6 Å². The van der Waals surface area contributed by atoms with Crippen LogP contribution < -0.4 is 5.32 Å². The molecule has 4 rings (SSSR count). The fourth-order valence-corrected chi connectivity index (χ4v) is 6.60. The lowest BCUT2D eigenvalue weighted by Gasteiger charge is -2.31. The highest BCUT2D eigenvalue weighted by molar-refractivity contribution is 7.89. The number of amides is 1. The molecule has 2 aromatic carbocycles. The molecule has 1 aliphatic carbocycles. The molecule has 2 aliphatic rings. The van der Waals surface area contributed by atoms with Crippen LogP contribution in [-0.2, 0) is 25.9 Å². The van der Waals surface area contributed by atoms with E-state index in [9.17, 15) is 18.3 Å². The summed E-state index contributed by atoms with van der Waals surface area (Å²) in [5, 5.41) is 14.6. The van der Waals surface area contributed by atoms with E-state index in [-0.39, 0.29) is 23.5 Å². The van der Waals surface area contributed by atoms with Gasteiger partial charge >= 0.3 is 6.09 Å². The zero-order valence-electron chi connectivity index (χ0n) is 20.8. The zero-order valence-corrected chi connectivity index (χ0v) is 22.4. The van der Waals surface area contributed by atoms with Crippen LogP contribution in [0.4, 0.5) is 4.79 Å². The second-order valence-electron chi connectivity index (χ2n) is 9.83. The van der Waals surface area contributed by atoms with Gasteiger partial charge in [0.05, 0.1) is 30.3 Å². The molecule has 37 heavy (non-hydrogen) atoms. The van der Waals surface area contributed by atoms with Crippen molar-refractivity contribution in [2.45, 2.75) is 61.7 Å². The van der Waals surface area contributed by atoms with Crippen LogP contribution in [0, 0.1) is 5.92 Å². The first kappa shape index (κ1) is 27.9. The summed E-state index contributed by atoms with van der Waals surface area (Å²) in [6.45, 7) is 1.02. The number of sulfonamides is 1. The van der Waals surface area contributed by atoms with Crippen LogP contribution in [0.3, 0.4) is 0 Å². The van der Waals surface area contributed by atoms with Gasteiger partial charge in [-0.1, -0.05) is 54.8 Å². The molecule has 2 N–H and O–H groups in total. The number of ether oxygens (including phenoxy) is 2. The van der Waals surface area contributed by atoms with Crippen molar-refractivity contribution in [3.63, 3.8) is 0 Å². The summed E-state index contributed by atoms with van der Waals surface area (Å²) in [5.41, 5.74) is 0.902. The number of halogens is 1. The van der Waals surface area contributed by atoms with Crippen molar-refractivity contribution in [1.82, 2.24) is 9.62 Å². The van der Waals surface area contributed by atoms with Crippen LogP contribution in [-0.4, -0.2) is 68.5 Å². The number of benzene rings is 2. The SMILES string of the molecule is O=C(N[C@@H](Cc1ccccc1)[C@H](O)CN(CC1CCCC1)S(=O)(=O)c1ccc(Cl)cc1)O[C@H]1CCOC1. The van der Waals surface area contributed by atoms with E-state index in [1.54, 1.807) is 12.1 Å². The second kappa shape index (κ2) is 13.1. The van der Waals surface area contributed by atoms with Gasteiger partial charge < -0.3 is 19.9 Å². The van der Waals surface area contributed by atoms with E-state index >= 15 is 0 Å². The predicted octanol–water partition coefficient (Wildman–Crippen LogP) is 4.01. The standard InChI is InChI=1S/C27H35ClN2O6S/c28-22-10-12-24(13-11-22)37(33,34)30(17-21-8-4-5-9-21)18-26(31)25(16-20-6-2-1-3-7-20)29-27(32)36-23-14-15-35-19-23/h1-3,6-7,10-13,21,23,25-26,31H,4-5,8-9,14-19H2,(H,29,32)/t23-,25-,26+/m0/s1. The number of rotatable bonds is 11. The van der Waals surface area contributed by atoms with Crippen molar-refractivity contribution in [3.05, 3.63) is 65.2 Å². The van der Waals surface area contributed by atoms with E-state index in [1.165, 1.54) is 16.4 Å². The smallest absolute Gasteiger partial charge is 0.407 e. The van der Waals surface area contributed by atoms with Gasteiger partial charge in [0.2, 0.25) is 10.0 Å². The number of carbonyl (C=O) groups is 1. The van der Waals surface area contributed by atoms with E-state index in [2.05, 4.69) is 5.32 Å². The molecular formula is C27H35ClN2O6S. The van der Waals surface area contributed by atoms with E-state index in [0.717, 1.165) is 31.2 Å². The molecule has 0 bridgehead atoms. The Kier molecular flexibility index (Phi) is 9.83. The minimum Gasteiger partial charge on any atom is -0.444 e. The van der Waals surface area contributed by atoms with Crippen molar-refractivity contribution in [3.8, 4) is 0 Å². The Balaban J connectivity index is 1.53. The van der Waals surface area contributed by atoms with Crippen molar-refractivity contribution >= 4 is 27.7 Å². The molecule has 10 heteroatoms. The highest BCUT2D eigenvalue weighted by Crippen LogP contribution is 2.28. The summed E-state index contributed by atoms with van der Waals surface area (Å²) >= 11 is 5.98. The molecule has 1 heterocycles. The maximum Gasteiger partial charge on any atom is 0.407 e. The molecule has 202 valence electrons. The third kappa shape index (κ3) is 7.91. The van der Waals surface area contributed by atoms with Crippen LogP contribution in [0.25, 0.3) is 0 Å². The third-order valence-electron chi connectivity index (χ3n) is 7.01. The van der Waals surface area contributed by atoms with Gasteiger partial charge in [-0.05, 0) is 55.0 Å². The molecular weight excluding hydrogens is 516 g/mol. The minimum absolute atomic E-state index is 0.121. The monoisotopic (exact) mass is 550 g/mol. The lowest BCUT2D eigenvalue weighted by atomic mass is 10.0. The fourth-order valence-electron chi connectivity index (χ4n) is 4.94. The highest BCUT2D eigenvalue weighted by atomic mass is 35.5.